The van der Waals surface area contributed by atoms with Crippen LogP contribution in [0.15, 0.2) is 142 Å². The summed E-state index contributed by atoms with van der Waals surface area (Å²) in [6, 6.07) is 46.8. The van der Waals surface area contributed by atoms with Crippen LogP contribution < -0.4 is 0 Å². The summed E-state index contributed by atoms with van der Waals surface area (Å²) in [5, 5.41) is 9.34. The minimum absolute atomic E-state index is 0.561. The number of aromatic nitrogens is 2. The summed E-state index contributed by atoms with van der Waals surface area (Å²) in [6.07, 6.45) is 0. The summed E-state index contributed by atoms with van der Waals surface area (Å²) in [5.41, 5.74) is 7.51. The van der Waals surface area contributed by atoms with Crippen molar-refractivity contribution in [2.45, 2.75) is 0 Å². The van der Waals surface area contributed by atoms with Crippen molar-refractivity contribution < 1.29 is 8.83 Å². The number of hydrogen-bond acceptors (Lipinski definition) is 3. The van der Waals surface area contributed by atoms with Crippen LogP contribution in [0.2, 0.25) is 0 Å². The van der Waals surface area contributed by atoms with Crippen LogP contribution in [0, 0.1) is 0 Å². The smallest absolute Gasteiger partial charge is 0.231 e. The summed E-state index contributed by atoms with van der Waals surface area (Å²) in [7, 11) is 0. The molecule has 43 heavy (non-hydrogen) atoms. The summed E-state index contributed by atoms with van der Waals surface area (Å²) in [6.45, 7) is 0. The lowest BCUT2D eigenvalue weighted by Crippen LogP contribution is -1.93. The zero-order valence-electron chi connectivity index (χ0n) is 22.9. The van der Waals surface area contributed by atoms with Crippen molar-refractivity contribution in [3.63, 3.8) is 0 Å². The van der Waals surface area contributed by atoms with Gasteiger partial charge in [0.05, 0.1) is 16.6 Å². The number of furan rings is 1. The Labute approximate surface area is 245 Å². The molecule has 0 amide bonds. The third-order valence-corrected chi connectivity index (χ3v) is 8.77. The quantitative estimate of drug-likeness (QED) is 0.215. The molecule has 10 rings (SSSR count). The van der Waals surface area contributed by atoms with E-state index in [-0.39, 0.29) is 0 Å². The van der Waals surface area contributed by atoms with Gasteiger partial charge in [0.2, 0.25) is 5.89 Å². The highest BCUT2D eigenvalue weighted by Crippen LogP contribution is 2.43. The third-order valence-electron chi connectivity index (χ3n) is 8.77. The van der Waals surface area contributed by atoms with Crippen LogP contribution in [0.5, 0.6) is 0 Å². The number of benzene rings is 7. The fourth-order valence-corrected chi connectivity index (χ4v) is 6.83. The molecule has 4 nitrogen and oxygen atoms in total. The predicted molar refractivity (Wildman–Crippen MR) is 176 cm³/mol. The van der Waals surface area contributed by atoms with Crippen LogP contribution in [-0.2, 0) is 0 Å². The summed E-state index contributed by atoms with van der Waals surface area (Å²) >= 11 is 0. The molecule has 0 aliphatic heterocycles. The minimum Gasteiger partial charge on any atom is -0.455 e. The van der Waals surface area contributed by atoms with Crippen LogP contribution >= 0.6 is 0 Å². The molecule has 0 unspecified atom stereocenters. The molecule has 200 valence electrons. The van der Waals surface area contributed by atoms with Crippen molar-refractivity contribution in [1.82, 2.24) is 9.55 Å². The van der Waals surface area contributed by atoms with Gasteiger partial charge >= 0.3 is 0 Å². The van der Waals surface area contributed by atoms with Gasteiger partial charge in [-0.25, -0.2) is 4.98 Å². The lowest BCUT2D eigenvalue weighted by atomic mass is 10.00. The fourth-order valence-electron chi connectivity index (χ4n) is 6.83. The first-order valence-corrected chi connectivity index (χ1v) is 14.5. The van der Waals surface area contributed by atoms with E-state index >= 15 is 0 Å². The monoisotopic (exact) mass is 550 g/mol. The molecule has 0 radical (unpaired) electrons. The van der Waals surface area contributed by atoms with Crippen molar-refractivity contribution in [2.24, 2.45) is 0 Å². The SMILES string of the molecule is c1ccc2cc3c(cc2c1)c1ccccc1n3-c1ccc2oc3c(-c4nc5ccccc5o4)cc4ccccc4c3c2c1. The molecule has 7 aromatic carbocycles. The van der Waals surface area contributed by atoms with E-state index in [1.165, 1.54) is 32.6 Å². The maximum atomic E-state index is 6.64. The van der Waals surface area contributed by atoms with Gasteiger partial charge in [0.25, 0.3) is 0 Å². The number of para-hydroxylation sites is 3. The van der Waals surface area contributed by atoms with Crippen molar-refractivity contribution in [3.05, 3.63) is 133 Å². The van der Waals surface area contributed by atoms with E-state index in [1.54, 1.807) is 0 Å². The van der Waals surface area contributed by atoms with Gasteiger partial charge in [-0.05, 0) is 76.1 Å². The van der Waals surface area contributed by atoms with Crippen LogP contribution in [0.3, 0.4) is 0 Å². The largest absolute Gasteiger partial charge is 0.455 e. The molecule has 0 fully saturated rings. The molecule has 0 aliphatic carbocycles. The molecule has 10 aromatic rings. The van der Waals surface area contributed by atoms with Gasteiger partial charge in [-0.2, -0.15) is 0 Å². The van der Waals surface area contributed by atoms with Crippen molar-refractivity contribution in [1.29, 1.82) is 0 Å². The van der Waals surface area contributed by atoms with E-state index in [9.17, 15) is 0 Å². The average Bonchev–Trinajstić information content (AvgIpc) is 3.75. The fraction of sp³-hybridized carbons (Fsp3) is 0. The van der Waals surface area contributed by atoms with Crippen molar-refractivity contribution >= 4 is 76.4 Å². The summed E-state index contributed by atoms with van der Waals surface area (Å²) in [4.78, 5) is 4.83. The maximum absolute atomic E-state index is 6.64. The Bertz CT molecular complexity index is 2710. The zero-order chi connectivity index (χ0) is 28.1. The Hall–Kier alpha value is -5.87. The van der Waals surface area contributed by atoms with Crippen molar-refractivity contribution in [3.8, 4) is 17.1 Å². The molecule has 0 spiro atoms. The molecular formula is C39H22N2O2. The number of oxazole rings is 1. The Morgan fingerprint density at radius 2 is 1.23 bits per heavy atom. The molecular weight excluding hydrogens is 528 g/mol. The predicted octanol–water partition coefficient (Wildman–Crippen LogP) is 10.8. The van der Waals surface area contributed by atoms with E-state index in [4.69, 9.17) is 13.8 Å². The van der Waals surface area contributed by atoms with Gasteiger partial charge in [-0.3, -0.25) is 0 Å². The molecule has 0 bridgehead atoms. The maximum Gasteiger partial charge on any atom is 0.231 e. The first kappa shape index (κ1) is 22.8. The van der Waals surface area contributed by atoms with E-state index in [2.05, 4.69) is 114 Å². The zero-order valence-corrected chi connectivity index (χ0v) is 22.9. The van der Waals surface area contributed by atoms with Gasteiger partial charge in [-0.1, -0.05) is 78.9 Å². The summed E-state index contributed by atoms with van der Waals surface area (Å²) < 4.78 is 15.3. The van der Waals surface area contributed by atoms with Crippen molar-refractivity contribution in [2.75, 3.05) is 0 Å². The number of fused-ring (bicyclic) bond motifs is 10. The highest BCUT2D eigenvalue weighted by Gasteiger charge is 2.21. The first-order chi connectivity index (χ1) is 21.3. The number of rotatable bonds is 2. The Morgan fingerprint density at radius 3 is 2.12 bits per heavy atom. The second-order valence-corrected chi connectivity index (χ2v) is 11.2. The molecule has 4 heteroatoms. The van der Waals surface area contributed by atoms with E-state index in [1.807, 2.05) is 24.3 Å². The summed E-state index contributed by atoms with van der Waals surface area (Å²) in [5.74, 6) is 0.561. The Morgan fingerprint density at radius 1 is 0.488 bits per heavy atom. The Balaban J connectivity index is 1.31. The van der Waals surface area contributed by atoms with Crippen LogP contribution in [-0.4, -0.2) is 9.55 Å². The Kier molecular flexibility index (Phi) is 4.42. The van der Waals surface area contributed by atoms with E-state index in [0.29, 0.717) is 5.89 Å². The van der Waals surface area contributed by atoms with Crippen LogP contribution in [0.1, 0.15) is 0 Å². The van der Waals surface area contributed by atoms with Crippen LogP contribution in [0.4, 0.5) is 0 Å². The molecule has 3 aromatic heterocycles. The number of nitrogens with zero attached hydrogens (tertiary/aromatic N) is 2. The molecule has 0 N–H and O–H groups in total. The van der Waals surface area contributed by atoms with Gasteiger partial charge in [0.1, 0.15) is 16.7 Å². The lowest BCUT2D eigenvalue weighted by Gasteiger charge is -2.09. The van der Waals surface area contributed by atoms with Gasteiger partial charge in [0.15, 0.2) is 5.58 Å². The molecule has 3 heterocycles. The third kappa shape index (κ3) is 3.18. The normalized spacial score (nSPS) is 12.2. The standard InChI is InChI=1S/C39H22N2O2/c1-2-10-24-21-34-29(19-23(24)9-1)28-13-5-7-15-33(28)41(34)26-17-18-35-30(22-26)37-27-12-4-3-11-25(27)20-31(38(37)42-35)39-40-32-14-6-8-16-36(32)43-39/h1-22H. The van der Waals surface area contributed by atoms with E-state index < -0.39 is 0 Å². The van der Waals surface area contributed by atoms with Gasteiger partial charge in [-0.15, -0.1) is 0 Å². The highest BCUT2D eigenvalue weighted by molar-refractivity contribution is 6.23. The first-order valence-electron chi connectivity index (χ1n) is 14.5. The molecule has 0 saturated carbocycles. The second-order valence-electron chi connectivity index (χ2n) is 11.2. The van der Waals surface area contributed by atoms with Crippen LogP contribution in [0.25, 0.3) is 93.5 Å². The van der Waals surface area contributed by atoms with E-state index in [0.717, 1.165) is 55.1 Å². The molecule has 0 saturated heterocycles. The topological polar surface area (TPSA) is 44.1 Å². The molecule has 0 atom stereocenters. The molecule has 0 aliphatic rings. The second kappa shape index (κ2) is 8.34. The minimum atomic E-state index is 0.561. The van der Waals surface area contributed by atoms with Gasteiger partial charge < -0.3 is 13.4 Å². The average molecular weight is 551 g/mol. The highest BCUT2D eigenvalue weighted by atomic mass is 16.4. The number of hydrogen-bond donors (Lipinski definition) is 0. The van der Waals surface area contributed by atoms with Gasteiger partial charge in [0, 0.05) is 27.2 Å². The lowest BCUT2D eigenvalue weighted by molar-refractivity contribution is 0.615.